The molecule has 0 spiro atoms. The molecule has 0 saturated carbocycles. The first kappa shape index (κ1) is 23.0. The fraction of sp³-hybridized carbons (Fsp3) is 0.0952. The number of rotatable bonds is 6. The Labute approximate surface area is 192 Å². The van der Waals surface area contributed by atoms with Crippen LogP contribution in [0.5, 0.6) is 23.0 Å². The summed E-state index contributed by atoms with van der Waals surface area (Å²) in [6, 6.07) is 10.1. The molecular weight excluding hydrogens is 463 g/mol. The monoisotopic (exact) mass is 478 g/mol. The second-order valence-corrected chi connectivity index (χ2v) is 7.24. The molecule has 3 rings (SSSR count). The summed E-state index contributed by atoms with van der Waals surface area (Å²) in [5.74, 6) is -1.40. The number of anilines is 2. The number of methoxy groups -OCH3 is 2. The van der Waals surface area contributed by atoms with Crippen LogP contribution in [0.2, 0.25) is 10.0 Å². The highest BCUT2D eigenvalue weighted by molar-refractivity contribution is 6.37. The van der Waals surface area contributed by atoms with E-state index in [0.717, 1.165) is 4.90 Å². The van der Waals surface area contributed by atoms with Gasteiger partial charge in [0, 0.05) is 40.9 Å². The minimum absolute atomic E-state index is 0.00887. The standard InChI is InChI=1S/C21H16Cl2N2O7/c1-31-17-9-14(10-18(32-2)20(17)27)24(19-15(23)7-12(22)8-16(19)26)21(28)11-3-5-13(6-4-11)25(29)30/h3-10,26-27H,1-2H3. The molecular formula is C21H16Cl2N2O7. The van der Waals surface area contributed by atoms with Gasteiger partial charge in [0.25, 0.3) is 11.6 Å². The molecule has 3 aromatic rings. The first-order chi connectivity index (χ1) is 15.2. The van der Waals surface area contributed by atoms with Crippen molar-refractivity contribution >= 4 is 46.2 Å². The first-order valence-electron chi connectivity index (χ1n) is 8.89. The third kappa shape index (κ3) is 4.34. The third-order valence-electron chi connectivity index (χ3n) is 4.48. The Morgan fingerprint density at radius 2 is 1.56 bits per heavy atom. The molecule has 0 fully saturated rings. The highest BCUT2D eigenvalue weighted by Crippen LogP contribution is 2.46. The fourth-order valence-corrected chi connectivity index (χ4v) is 3.55. The fourth-order valence-electron chi connectivity index (χ4n) is 2.99. The number of halogens is 2. The van der Waals surface area contributed by atoms with E-state index in [9.17, 15) is 25.1 Å². The lowest BCUT2D eigenvalue weighted by molar-refractivity contribution is -0.384. The van der Waals surface area contributed by atoms with Gasteiger partial charge in [-0.2, -0.15) is 0 Å². The quantitative estimate of drug-likeness (QED) is 0.363. The molecule has 32 heavy (non-hydrogen) atoms. The van der Waals surface area contributed by atoms with Crippen LogP contribution in [-0.4, -0.2) is 35.3 Å². The number of hydrogen-bond acceptors (Lipinski definition) is 7. The van der Waals surface area contributed by atoms with E-state index in [-0.39, 0.29) is 49.9 Å². The van der Waals surface area contributed by atoms with E-state index in [1.54, 1.807) is 0 Å². The summed E-state index contributed by atoms with van der Waals surface area (Å²) >= 11 is 12.3. The molecule has 0 aliphatic heterocycles. The van der Waals surface area contributed by atoms with Crippen LogP contribution in [0, 0.1) is 10.1 Å². The van der Waals surface area contributed by atoms with E-state index in [4.69, 9.17) is 32.7 Å². The predicted molar refractivity (Wildman–Crippen MR) is 119 cm³/mol. The molecule has 0 bridgehead atoms. The average molecular weight is 479 g/mol. The van der Waals surface area contributed by atoms with Gasteiger partial charge in [0.2, 0.25) is 5.75 Å². The summed E-state index contributed by atoms with van der Waals surface area (Å²) in [5.41, 5.74) is -0.117. The zero-order valence-electron chi connectivity index (χ0n) is 16.7. The zero-order valence-corrected chi connectivity index (χ0v) is 18.2. The Morgan fingerprint density at radius 3 is 2.03 bits per heavy atom. The van der Waals surface area contributed by atoms with Crippen LogP contribution in [-0.2, 0) is 0 Å². The molecule has 2 N–H and O–H groups in total. The van der Waals surface area contributed by atoms with Gasteiger partial charge in [0.1, 0.15) is 11.4 Å². The SMILES string of the molecule is COc1cc(N(C(=O)c2ccc([N+](=O)[O-])cc2)c2c(O)cc(Cl)cc2Cl)cc(OC)c1O. The van der Waals surface area contributed by atoms with Crippen LogP contribution in [0.15, 0.2) is 48.5 Å². The maximum absolute atomic E-state index is 13.5. The minimum Gasteiger partial charge on any atom is -0.506 e. The molecule has 3 aromatic carbocycles. The number of benzene rings is 3. The minimum atomic E-state index is -0.686. The number of phenolic OH excluding ortho intramolecular Hbond substituents is 2. The topological polar surface area (TPSA) is 122 Å². The number of aromatic hydroxyl groups is 2. The van der Waals surface area contributed by atoms with Gasteiger partial charge in [-0.1, -0.05) is 23.2 Å². The van der Waals surface area contributed by atoms with E-state index in [1.165, 1.54) is 62.8 Å². The molecule has 0 atom stereocenters. The van der Waals surface area contributed by atoms with E-state index in [2.05, 4.69) is 0 Å². The highest BCUT2D eigenvalue weighted by Gasteiger charge is 2.28. The Bertz CT molecular complexity index is 1150. The number of hydrogen-bond donors (Lipinski definition) is 2. The normalized spacial score (nSPS) is 10.5. The number of amides is 1. The number of phenols is 2. The van der Waals surface area contributed by atoms with Gasteiger partial charge >= 0.3 is 0 Å². The summed E-state index contributed by atoms with van der Waals surface area (Å²) in [6.07, 6.45) is 0. The van der Waals surface area contributed by atoms with Gasteiger partial charge in [0.05, 0.1) is 29.9 Å². The second-order valence-electron chi connectivity index (χ2n) is 6.40. The van der Waals surface area contributed by atoms with Crippen LogP contribution in [0.4, 0.5) is 17.1 Å². The molecule has 9 nitrogen and oxygen atoms in total. The van der Waals surface area contributed by atoms with Crippen LogP contribution >= 0.6 is 23.2 Å². The highest BCUT2D eigenvalue weighted by atomic mass is 35.5. The molecule has 0 saturated heterocycles. The van der Waals surface area contributed by atoms with E-state index >= 15 is 0 Å². The van der Waals surface area contributed by atoms with Gasteiger partial charge < -0.3 is 19.7 Å². The van der Waals surface area contributed by atoms with Crippen molar-refractivity contribution in [2.75, 3.05) is 19.1 Å². The molecule has 166 valence electrons. The number of carbonyl (C=O) groups is 1. The van der Waals surface area contributed by atoms with Gasteiger partial charge in [-0.25, -0.2) is 0 Å². The Hall–Kier alpha value is -3.69. The zero-order chi connectivity index (χ0) is 23.6. The van der Waals surface area contributed by atoms with Gasteiger partial charge in [-0.05, 0) is 18.2 Å². The summed E-state index contributed by atoms with van der Waals surface area (Å²) < 4.78 is 10.3. The van der Waals surface area contributed by atoms with Crippen LogP contribution < -0.4 is 14.4 Å². The second kappa shape index (κ2) is 9.21. The van der Waals surface area contributed by atoms with Crippen molar-refractivity contribution in [1.82, 2.24) is 0 Å². The number of nitrogens with zero attached hydrogens (tertiary/aromatic N) is 2. The predicted octanol–water partition coefficient (Wildman–Crippen LogP) is 5.31. The average Bonchev–Trinajstić information content (AvgIpc) is 2.76. The van der Waals surface area contributed by atoms with Crippen molar-refractivity contribution < 1.29 is 29.4 Å². The largest absolute Gasteiger partial charge is 0.506 e. The molecule has 0 heterocycles. The number of non-ortho nitro benzene ring substituents is 1. The molecule has 0 unspecified atom stereocenters. The first-order valence-corrected chi connectivity index (χ1v) is 9.65. The van der Waals surface area contributed by atoms with Crippen molar-refractivity contribution in [3.05, 3.63) is 74.3 Å². The molecule has 0 radical (unpaired) electrons. The van der Waals surface area contributed by atoms with Crippen molar-refractivity contribution in [2.24, 2.45) is 0 Å². The van der Waals surface area contributed by atoms with E-state index in [0.29, 0.717) is 0 Å². The van der Waals surface area contributed by atoms with Crippen molar-refractivity contribution in [3.63, 3.8) is 0 Å². The summed E-state index contributed by atoms with van der Waals surface area (Å²) in [7, 11) is 2.63. The molecule has 0 aliphatic carbocycles. The van der Waals surface area contributed by atoms with E-state index < -0.39 is 16.6 Å². The summed E-state index contributed by atoms with van der Waals surface area (Å²) in [5, 5.41) is 31.8. The number of ether oxygens (including phenoxy) is 2. The third-order valence-corrected chi connectivity index (χ3v) is 4.99. The Kier molecular flexibility index (Phi) is 6.61. The lowest BCUT2D eigenvalue weighted by Gasteiger charge is -2.26. The smallest absolute Gasteiger partial charge is 0.269 e. The van der Waals surface area contributed by atoms with Crippen LogP contribution in [0.3, 0.4) is 0 Å². The maximum atomic E-state index is 13.5. The number of nitro groups is 1. The van der Waals surface area contributed by atoms with Crippen molar-refractivity contribution in [3.8, 4) is 23.0 Å². The Balaban J connectivity index is 2.26. The van der Waals surface area contributed by atoms with Crippen molar-refractivity contribution in [1.29, 1.82) is 0 Å². The Morgan fingerprint density at radius 1 is 1.00 bits per heavy atom. The lowest BCUT2D eigenvalue weighted by atomic mass is 10.1. The summed E-state index contributed by atoms with van der Waals surface area (Å²) in [6.45, 7) is 0. The number of carbonyl (C=O) groups excluding carboxylic acids is 1. The van der Waals surface area contributed by atoms with Crippen molar-refractivity contribution in [2.45, 2.75) is 0 Å². The van der Waals surface area contributed by atoms with Gasteiger partial charge in [-0.15, -0.1) is 0 Å². The van der Waals surface area contributed by atoms with Gasteiger partial charge in [-0.3, -0.25) is 19.8 Å². The maximum Gasteiger partial charge on any atom is 0.269 e. The van der Waals surface area contributed by atoms with Crippen LogP contribution in [0.1, 0.15) is 10.4 Å². The molecule has 0 aromatic heterocycles. The summed E-state index contributed by atoms with van der Waals surface area (Å²) in [4.78, 5) is 24.9. The van der Waals surface area contributed by atoms with Gasteiger partial charge in [0.15, 0.2) is 11.5 Å². The lowest BCUT2D eigenvalue weighted by Crippen LogP contribution is -2.26. The molecule has 11 heteroatoms. The number of nitro benzene ring substituents is 1. The van der Waals surface area contributed by atoms with Crippen LogP contribution in [0.25, 0.3) is 0 Å². The molecule has 1 amide bonds. The molecule has 0 aliphatic rings. The van der Waals surface area contributed by atoms with E-state index in [1.807, 2.05) is 0 Å².